The van der Waals surface area contributed by atoms with Gasteiger partial charge in [-0.05, 0) is 30.3 Å². The first-order valence-corrected chi connectivity index (χ1v) is 9.58. The number of rotatable bonds is 9. The van der Waals surface area contributed by atoms with E-state index in [1.54, 1.807) is 37.8 Å². The van der Waals surface area contributed by atoms with Crippen LogP contribution in [0, 0.1) is 0 Å². The fourth-order valence-electron chi connectivity index (χ4n) is 2.48. The third-order valence-corrected chi connectivity index (χ3v) is 4.85. The predicted molar refractivity (Wildman–Crippen MR) is 106 cm³/mol. The van der Waals surface area contributed by atoms with Crippen molar-refractivity contribution < 1.29 is 28.2 Å². The number of carbonyl (C=O) groups is 2. The van der Waals surface area contributed by atoms with Crippen molar-refractivity contribution in [1.82, 2.24) is 10.3 Å². The van der Waals surface area contributed by atoms with Crippen molar-refractivity contribution >= 4 is 23.2 Å². The highest BCUT2D eigenvalue weighted by molar-refractivity contribution is 7.13. The van der Waals surface area contributed by atoms with Gasteiger partial charge in [-0.1, -0.05) is 0 Å². The van der Waals surface area contributed by atoms with Crippen molar-refractivity contribution in [3.8, 4) is 22.1 Å². The lowest BCUT2D eigenvalue weighted by molar-refractivity contribution is -0.148. The third kappa shape index (κ3) is 5.58. The summed E-state index contributed by atoms with van der Waals surface area (Å²) in [6.07, 6.45) is 1.50. The van der Waals surface area contributed by atoms with Gasteiger partial charge in [-0.3, -0.25) is 9.59 Å². The fourth-order valence-corrected chi connectivity index (χ4v) is 3.30. The van der Waals surface area contributed by atoms with Crippen molar-refractivity contribution in [3.05, 3.63) is 53.4 Å². The Hall–Kier alpha value is -3.33. The number of benzene rings is 1. The van der Waals surface area contributed by atoms with E-state index in [-0.39, 0.29) is 19.6 Å². The molecule has 3 rings (SSSR count). The van der Waals surface area contributed by atoms with Crippen LogP contribution in [-0.4, -0.2) is 37.7 Å². The summed E-state index contributed by atoms with van der Waals surface area (Å²) in [6.45, 7) is -0.115. The summed E-state index contributed by atoms with van der Waals surface area (Å²) in [5.74, 6) is 0.917. The van der Waals surface area contributed by atoms with Gasteiger partial charge in [0.1, 0.15) is 10.8 Å². The molecule has 8 nitrogen and oxygen atoms in total. The molecule has 0 atom stereocenters. The molecule has 0 saturated heterocycles. The zero-order chi connectivity index (χ0) is 20.6. The van der Waals surface area contributed by atoms with Crippen molar-refractivity contribution in [3.63, 3.8) is 0 Å². The molecule has 0 bridgehead atoms. The Morgan fingerprint density at radius 3 is 2.72 bits per heavy atom. The van der Waals surface area contributed by atoms with Crippen LogP contribution in [0.25, 0.3) is 10.6 Å². The number of hydrogen-bond acceptors (Lipinski definition) is 8. The molecular weight excluding hydrogens is 396 g/mol. The number of furan rings is 1. The van der Waals surface area contributed by atoms with Crippen molar-refractivity contribution in [2.45, 2.75) is 13.0 Å². The number of esters is 1. The average molecular weight is 416 g/mol. The SMILES string of the molecule is COc1ccc(-c2nc(CC(=O)OCC(=O)NCc3ccco3)cs2)cc1OC. The van der Waals surface area contributed by atoms with Gasteiger partial charge in [0, 0.05) is 10.9 Å². The Morgan fingerprint density at radius 2 is 2.00 bits per heavy atom. The largest absolute Gasteiger partial charge is 0.493 e. The highest BCUT2D eigenvalue weighted by atomic mass is 32.1. The zero-order valence-corrected chi connectivity index (χ0v) is 16.8. The van der Waals surface area contributed by atoms with E-state index in [1.807, 2.05) is 12.1 Å². The summed E-state index contributed by atoms with van der Waals surface area (Å²) in [6, 6.07) is 8.95. The van der Waals surface area contributed by atoms with Gasteiger partial charge in [0.15, 0.2) is 18.1 Å². The van der Waals surface area contributed by atoms with Crippen molar-refractivity contribution in [2.24, 2.45) is 0 Å². The highest BCUT2D eigenvalue weighted by Gasteiger charge is 2.13. The van der Waals surface area contributed by atoms with Crippen LogP contribution in [0.1, 0.15) is 11.5 Å². The van der Waals surface area contributed by atoms with Crippen LogP contribution in [0.4, 0.5) is 0 Å². The molecule has 0 radical (unpaired) electrons. The smallest absolute Gasteiger partial charge is 0.312 e. The monoisotopic (exact) mass is 416 g/mol. The number of nitrogens with zero attached hydrogens (tertiary/aromatic N) is 1. The summed E-state index contributed by atoms with van der Waals surface area (Å²) < 4.78 is 20.6. The minimum Gasteiger partial charge on any atom is -0.493 e. The van der Waals surface area contributed by atoms with Gasteiger partial charge in [0.2, 0.25) is 0 Å². The minimum atomic E-state index is -0.526. The molecule has 0 aliphatic carbocycles. The first-order valence-electron chi connectivity index (χ1n) is 8.70. The summed E-state index contributed by atoms with van der Waals surface area (Å²) in [7, 11) is 3.14. The van der Waals surface area contributed by atoms with Crippen LogP contribution in [0.5, 0.6) is 11.5 Å². The van der Waals surface area contributed by atoms with Gasteiger partial charge in [-0.15, -0.1) is 11.3 Å². The van der Waals surface area contributed by atoms with E-state index in [4.69, 9.17) is 18.6 Å². The highest BCUT2D eigenvalue weighted by Crippen LogP contribution is 2.33. The second kappa shape index (κ2) is 9.74. The standard InChI is InChI=1S/C20H20N2O6S/c1-25-16-6-5-13(8-17(16)26-2)20-22-14(12-29-20)9-19(24)28-11-18(23)21-10-15-4-3-7-27-15/h3-8,12H,9-11H2,1-2H3,(H,21,23). The van der Waals surface area contributed by atoms with Crippen LogP contribution in [0.2, 0.25) is 0 Å². The lowest BCUT2D eigenvalue weighted by Crippen LogP contribution is -2.28. The van der Waals surface area contributed by atoms with E-state index in [0.29, 0.717) is 23.0 Å². The molecule has 1 amide bonds. The quantitative estimate of drug-likeness (QED) is 0.536. The predicted octanol–water partition coefficient (Wildman–Crippen LogP) is 2.82. The number of aromatic nitrogens is 1. The molecule has 1 N–H and O–H groups in total. The topological polar surface area (TPSA) is 99.9 Å². The fraction of sp³-hybridized carbons (Fsp3) is 0.250. The number of thiazole rings is 1. The number of nitrogens with one attached hydrogen (secondary N) is 1. The summed E-state index contributed by atoms with van der Waals surface area (Å²) in [5, 5.41) is 5.13. The molecule has 2 aromatic heterocycles. The Kier molecular flexibility index (Phi) is 6.85. The Labute approximate surface area is 171 Å². The van der Waals surface area contributed by atoms with Crippen LogP contribution in [-0.2, 0) is 27.3 Å². The first-order chi connectivity index (χ1) is 14.1. The Bertz CT molecular complexity index is 967. The molecule has 2 heterocycles. The molecule has 152 valence electrons. The van der Waals surface area contributed by atoms with E-state index in [1.165, 1.54) is 17.6 Å². The maximum Gasteiger partial charge on any atom is 0.312 e. The maximum atomic E-state index is 12.0. The molecule has 0 unspecified atom stereocenters. The van der Waals surface area contributed by atoms with E-state index in [2.05, 4.69) is 10.3 Å². The molecule has 0 fully saturated rings. The normalized spacial score (nSPS) is 10.4. The van der Waals surface area contributed by atoms with Gasteiger partial charge in [0.25, 0.3) is 5.91 Å². The second-order valence-corrected chi connectivity index (χ2v) is 6.77. The van der Waals surface area contributed by atoms with E-state index in [0.717, 1.165) is 10.6 Å². The Balaban J connectivity index is 1.50. The van der Waals surface area contributed by atoms with Gasteiger partial charge in [-0.25, -0.2) is 4.98 Å². The van der Waals surface area contributed by atoms with Crippen molar-refractivity contribution in [2.75, 3.05) is 20.8 Å². The molecule has 0 spiro atoms. The summed E-state index contributed by atoms with van der Waals surface area (Å²) in [5.41, 5.74) is 1.42. The number of ether oxygens (including phenoxy) is 3. The molecule has 3 aromatic rings. The summed E-state index contributed by atoms with van der Waals surface area (Å²) >= 11 is 1.40. The van der Waals surface area contributed by atoms with E-state index in [9.17, 15) is 9.59 Å². The van der Waals surface area contributed by atoms with Crippen molar-refractivity contribution in [1.29, 1.82) is 0 Å². The summed E-state index contributed by atoms with van der Waals surface area (Å²) in [4.78, 5) is 28.2. The second-order valence-electron chi connectivity index (χ2n) is 5.91. The van der Waals surface area contributed by atoms with Gasteiger partial charge < -0.3 is 23.9 Å². The third-order valence-electron chi connectivity index (χ3n) is 3.91. The van der Waals surface area contributed by atoms with E-state index < -0.39 is 11.9 Å². The van der Waals surface area contributed by atoms with Crippen LogP contribution in [0.15, 0.2) is 46.4 Å². The van der Waals surface area contributed by atoms with Crippen LogP contribution >= 0.6 is 11.3 Å². The minimum absolute atomic E-state index is 0.0186. The molecule has 9 heteroatoms. The zero-order valence-electron chi connectivity index (χ0n) is 16.0. The van der Waals surface area contributed by atoms with Gasteiger partial charge >= 0.3 is 5.97 Å². The maximum absolute atomic E-state index is 12.0. The number of hydrogen-bond donors (Lipinski definition) is 1. The molecule has 0 aliphatic heterocycles. The lowest BCUT2D eigenvalue weighted by atomic mass is 10.2. The number of amides is 1. The Morgan fingerprint density at radius 1 is 1.17 bits per heavy atom. The van der Waals surface area contributed by atoms with Gasteiger partial charge in [-0.2, -0.15) is 0 Å². The molecule has 29 heavy (non-hydrogen) atoms. The molecule has 0 saturated carbocycles. The van der Waals surface area contributed by atoms with Crippen LogP contribution in [0.3, 0.4) is 0 Å². The molecule has 0 aliphatic rings. The lowest BCUT2D eigenvalue weighted by Gasteiger charge is -2.08. The van der Waals surface area contributed by atoms with Gasteiger partial charge in [0.05, 0.1) is 39.1 Å². The number of carbonyl (C=O) groups excluding carboxylic acids is 2. The average Bonchev–Trinajstić information content (AvgIpc) is 3.42. The van der Waals surface area contributed by atoms with Crippen LogP contribution < -0.4 is 14.8 Å². The number of methoxy groups -OCH3 is 2. The first kappa shape index (κ1) is 20.4. The van der Waals surface area contributed by atoms with E-state index >= 15 is 0 Å². The molecular formula is C20H20N2O6S. The molecule has 1 aromatic carbocycles.